The van der Waals surface area contributed by atoms with Crippen LogP contribution in [0.2, 0.25) is 0 Å². The van der Waals surface area contributed by atoms with Crippen molar-refractivity contribution in [1.82, 2.24) is 5.43 Å². The second-order valence-electron chi connectivity index (χ2n) is 5.05. The van der Waals surface area contributed by atoms with E-state index in [-0.39, 0.29) is 18.2 Å². The molecule has 0 fully saturated rings. The molecule has 1 heterocycles. The first-order valence-corrected chi connectivity index (χ1v) is 7.19. The molecule has 24 heavy (non-hydrogen) atoms. The first-order valence-electron chi connectivity index (χ1n) is 7.19. The third-order valence-electron chi connectivity index (χ3n) is 3.51. The van der Waals surface area contributed by atoms with E-state index in [9.17, 15) is 0 Å². The quantitative estimate of drug-likeness (QED) is 0.434. The monoisotopic (exact) mass is 324 g/mol. The molecule has 0 saturated carbocycles. The van der Waals surface area contributed by atoms with Crippen LogP contribution in [0.25, 0.3) is 5.70 Å². The van der Waals surface area contributed by atoms with Gasteiger partial charge in [-0.05, 0) is 29.8 Å². The third-order valence-corrected chi connectivity index (χ3v) is 3.51. The Hall–Kier alpha value is -3.37. The van der Waals surface area contributed by atoms with Crippen LogP contribution >= 0.6 is 0 Å². The summed E-state index contributed by atoms with van der Waals surface area (Å²) in [5.74, 6) is 7.35. The van der Waals surface area contributed by atoms with Crippen molar-refractivity contribution >= 4 is 5.70 Å². The van der Waals surface area contributed by atoms with Gasteiger partial charge in [-0.1, -0.05) is 18.2 Å². The summed E-state index contributed by atoms with van der Waals surface area (Å²) in [5, 5.41) is 8.97. The maximum Gasteiger partial charge on any atom is 0.231 e. The highest BCUT2D eigenvalue weighted by Crippen LogP contribution is 2.32. The van der Waals surface area contributed by atoms with E-state index in [1.807, 2.05) is 30.3 Å². The second-order valence-corrected chi connectivity index (χ2v) is 5.05. The van der Waals surface area contributed by atoms with Gasteiger partial charge in [0.25, 0.3) is 0 Å². The normalized spacial score (nSPS) is 13.0. The predicted molar refractivity (Wildman–Crippen MR) is 87.4 cm³/mol. The van der Waals surface area contributed by atoms with Crippen molar-refractivity contribution in [3.05, 3.63) is 59.3 Å². The van der Waals surface area contributed by atoms with Gasteiger partial charge in [-0.2, -0.15) is 5.26 Å². The van der Waals surface area contributed by atoms with Crippen molar-refractivity contribution in [3.63, 3.8) is 0 Å². The summed E-state index contributed by atoms with van der Waals surface area (Å²) in [5.41, 5.74) is 10.2. The largest absolute Gasteiger partial charge is 0.489 e. The Morgan fingerprint density at radius 2 is 2.04 bits per heavy atom. The minimum atomic E-state index is 0.0999. The second kappa shape index (κ2) is 6.81. The van der Waals surface area contributed by atoms with Gasteiger partial charge in [-0.3, -0.25) is 0 Å². The first kappa shape index (κ1) is 15.5. The number of hydrogen-bond acceptors (Lipinski definition) is 7. The van der Waals surface area contributed by atoms with Crippen LogP contribution in [0.1, 0.15) is 11.1 Å². The number of nitriles is 1. The summed E-state index contributed by atoms with van der Waals surface area (Å²) in [4.78, 5) is 0. The number of hydrogen-bond donors (Lipinski definition) is 3. The van der Waals surface area contributed by atoms with E-state index < -0.39 is 0 Å². The molecular formula is C17H16N4O3. The molecule has 0 aliphatic carbocycles. The molecule has 1 aliphatic rings. The SMILES string of the molecule is N#C/C(NN)=C(/N)c1cccc(OCc2ccc3c(c2)OCO3)c1. The molecule has 7 nitrogen and oxygen atoms in total. The van der Waals surface area contributed by atoms with Crippen molar-refractivity contribution in [2.24, 2.45) is 11.6 Å². The lowest BCUT2D eigenvalue weighted by Crippen LogP contribution is -2.23. The summed E-state index contributed by atoms with van der Waals surface area (Å²) in [6.45, 7) is 0.605. The van der Waals surface area contributed by atoms with Crippen molar-refractivity contribution in [1.29, 1.82) is 5.26 Å². The number of ether oxygens (including phenoxy) is 3. The highest BCUT2D eigenvalue weighted by molar-refractivity contribution is 5.69. The van der Waals surface area contributed by atoms with E-state index >= 15 is 0 Å². The van der Waals surface area contributed by atoms with Crippen LogP contribution in [0, 0.1) is 11.3 Å². The molecule has 0 amide bonds. The number of fused-ring (bicyclic) bond motifs is 1. The number of nitrogens with one attached hydrogen (secondary N) is 1. The number of nitrogens with zero attached hydrogens (tertiary/aromatic N) is 1. The summed E-state index contributed by atoms with van der Waals surface area (Å²) in [7, 11) is 0. The number of allylic oxidation sites excluding steroid dienone is 1. The molecule has 3 rings (SSSR count). The molecule has 0 saturated heterocycles. The van der Waals surface area contributed by atoms with Crippen molar-refractivity contribution in [2.75, 3.05) is 6.79 Å². The predicted octanol–water partition coefficient (Wildman–Crippen LogP) is 1.61. The molecule has 1 aliphatic heterocycles. The average Bonchev–Trinajstić information content (AvgIpc) is 3.09. The average molecular weight is 324 g/mol. The Balaban J connectivity index is 1.74. The molecule has 122 valence electrons. The highest BCUT2D eigenvalue weighted by atomic mass is 16.7. The fraction of sp³-hybridized carbons (Fsp3) is 0.118. The Labute approximate surface area is 139 Å². The van der Waals surface area contributed by atoms with E-state index in [0.29, 0.717) is 23.7 Å². The van der Waals surface area contributed by atoms with E-state index in [4.69, 9.17) is 31.0 Å². The van der Waals surface area contributed by atoms with E-state index in [1.165, 1.54) is 0 Å². The molecule has 0 unspecified atom stereocenters. The van der Waals surface area contributed by atoms with Gasteiger partial charge in [0.1, 0.15) is 18.4 Å². The smallest absolute Gasteiger partial charge is 0.231 e. The third kappa shape index (κ3) is 3.19. The van der Waals surface area contributed by atoms with Crippen molar-refractivity contribution < 1.29 is 14.2 Å². The van der Waals surface area contributed by atoms with Gasteiger partial charge < -0.3 is 25.4 Å². The lowest BCUT2D eigenvalue weighted by Gasteiger charge is -2.10. The minimum absolute atomic E-state index is 0.0999. The summed E-state index contributed by atoms with van der Waals surface area (Å²) < 4.78 is 16.4. The van der Waals surface area contributed by atoms with Crippen LogP contribution in [-0.2, 0) is 6.61 Å². The fourth-order valence-corrected chi connectivity index (χ4v) is 2.27. The van der Waals surface area contributed by atoms with Gasteiger partial charge in [0.2, 0.25) is 6.79 Å². The maximum atomic E-state index is 8.97. The topological polar surface area (TPSA) is 116 Å². The van der Waals surface area contributed by atoms with Crippen LogP contribution < -0.4 is 31.2 Å². The zero-order valence-corrected chi connectivity index (χ0v) is 12.8. The van der Waals surface area contributed by atoms with Crippen molar-refractivity contribution in [2.45, 2.75) is 6.61 Å². The van der Waals surface area contributed by atoms with E-state index in [2.05, 4.69) is 5.43 Å². The van der Waals surface area contributed by atoms with E-state index in [0.717, 1.165) is 11.3 Å². The molecule has 2 aromatic carbocycles. The van der Waals surface area contributed by atoms with Gasteiger partial charge >= 0.3 is 0 Å². The molecule has 0 atom stereocenters. The molecule has 2 aromatic rings. The zero-order valence-electron chi connectivity index (χ0n) is 12.8. The summed E-state index contributed by atoms with van der Waals surface area (Å²) in [6.07, 6.45) is 0. The molecule has 0 spiro atoms. The van der Waals surface area contributed by atoms with Crippen LogP contribution in [0.15, 0.2) is 48.2 Å². The fourth-order valence-electron chi connectivity index (χ4n) is 2.27. The van der Waals surface area contributed by atoms with Crippen LogP contribution in [-0.4, -0.2) is 6.79 Å². The first-order chi connectivity index (χ1) is 11.7. The zero-order chi connectivity index (χ0) is 16.9. The van der Waals surface area contributed by atoms with Crippen LogP contribution in [0.3, 0.4) is 0 Å². The van der Waals surface area contributed by atoms with Crippen LogP contribution in [0.4, 0.5) is 0 Å². The van der Waals surface area contributed by atoms with Gasteiger partial charge in [-0.15, -0.1) is 0 Å². The Morgan fingerprint density at radius 3 is 2.83 bits per heavy atom. The van der Waals surface area contributed by atoms with Gasteiger partial charge in [0.05, 0.1) is 5.70 Å². The highest BCUT2D eigenvalue weighted by Gasteiger charge is 2.13. The summed E-state index contributed by atoms with van der Waals surface area (Å²) >= 11 is 0. The molecule has 0 bridgehead atoms. The summed E-state index contributed by atoms with van der Waals surface area (Å²) in [6, 6.07) is 14.7. The molecule has 7 heteroatoms. The molecular weight excluding hydrogens is 308 g/mol. The Morgan fingerprint density at radius 1 is 1.21 bits per heavy atom. The Kier molecular flexibility index (Phi) is 4.40. The molecule has 5 N–H and O–H groups in total. The van der Waals surface area contributed by atoms with Gasteiger partial charge in [-0.25, -0.2) is 5.84 Å². The lowest BCUT2D eigenvalue weighted by atomic mass is 10.1. The number of hydrazine groups is 1. The number of rotatable bonds is 5. The molecule has 0 aromatic heterocycles. The van der Waals surface area contributed by atoms with Crippen molar-refractivity contribution in [3.8, 4) is 23.3 Å². The number of benzene rings is 2. The molecule has 0 radical (unpaired) electrons. The van der Waals surface area contributed by atoms with Gasteiger partial charge in [0, 0.05) is 5.56 Å². The lowest BCUT2D eigenvalue weighted by molar-refractivity contribution is 0.174. The van der Waals surface area contributed by atoms with Crippen LogP contribution in [0.5, 0.6) is 17.2 Å². The minimum Gasteiger partial charge on any atom is -0.489 e. The standard InChI is InChI=1S/C17H16N4O3/c18-8-14(21-20)17(19)12-2-1-3-13(7-12)22-9-11-4-5-15-16(6-11)24-10-23-15/h1-7,21H,9-10,19-20H2/b17-14-. The number of nitrogens with two attached hydrogens (primary N) is 2. The maximum absolute atomic E-state index is 8.97. The van der Waals surface area contributed by atoms with E-state index in [1.54, 1.807) is 18.2 Å². The van der Waals surface area contributed by atoms with Gasteiger partial charge in [0.15, 0.2) is 17.2 Å². The Bertz CT molecular complexity index is 827.